The number of benzene rings is 2. The number of fused-ring (bicyclic) bond motifs is 1. The summed E-state index contributed by atoms with van der Waals surface area (Å²) >= 11 is 0. The number of hydrogen-bond donors (Lipinski definition) is 1. The normalized spacial score (nSPS) is 12.5. The van der Waals surface area contributed by atoms with Gasteiger partial charge in [-0.25, -0.2) is 4.79 Å². The number of methoxy groups -OCH3 is 1. The highest BCUT2D eigenvalue weighted by Crippen LogP contribution is 2.29. The summed E-state index contributed by atoms with van der Waals surface area (Å²) < 4.78 is 12.0. The van der Waals surface area contributed by atoms with E-state index in [2.05, 4.69) is 0 Å². The minimum atomic E-state index is -0.381. The van der Waals surface area contributed by atoms with E-state index in [1.165, 1.54) is 4.57 Å². The van der Waals surface area contributed by atoms with Crippen molar-refractivity contribution in [2.24, 2.45) is 12.8 Å². The number of nitrogens with two attached hydrogens (primary N) is 1. The van der Waals surface area contributed by atoms with Crippen LogP contribution in [0.3, 0.4) is 0 Å². The van der Waals surface area contributed by atoms with Gasteiger partial charge in [-0.3, -0.25) is 4.57 Å². The van der Waals surface area contributed by atoms with Gasteiger partial charge in [-0.15, -0.1) is 0 Å². The summed E-state index contributed by atoms with van der Waals surface area (Å²) in [6.45, 7) is 0. The first-order chi connectivity index (χ1) is 10.1. The number of rotatable bonds is 3. The maximum Gasteiger partial charge on any atom is 0.419 e. The van der Waals surface area contributed by atoms with E-state index < -0.39 is 0 Å². The van der Waals surface area contributed by atoms with E-state index in [4.69, 9.17) is 14.9 Å². The van der Waals surface area contributed by atoms with E-state index >= 15 is 0 Å². The van der Waals surface area contributed by atoms with Crippen LogP contribution in [0.25, 0.3) is 11.1 Å². The quantitative estimate of drug-likeness (QED) is 0.800. The van der Waals surface area contributed by atoms with Gasteiger partial charge in [-0.05, 0) is 23.8 Å². The molecule has 0 saturated heterocycles. The summed E-state index contributed by atoms with van der Waals surface area (Å²) in [4.78, 5) is 11.5. The molecule has 3 rings (SSSR count). The zero-order chi connectivity index (χ0) is 15.0. The van der Waals surface area contributed by atoms with Crippen molar-refractivity contribution in [1.29, 1.82) is 0 Å². The van der Waals surface area contributed by atoms with E-state index in [-0.39, 0.29) is 11.8 Å². The molecule has 3 aromatic rings. The molecule has 2 N–H and O–H groups in total. The molecule has 0 saturated carbocycles. The molecule has 1 unspecified atom stereocenters. The van der Waals surface area contributed by atoms with Gasteiger partial charge in [0.2, 0.25) is 0 Å². The highest BCUT2D eigenvalue weighted by molar-refractivity contribution is 5.74. The highest BCUT2D eigenvalue weighted by atomic mass is 16.5. The number of oxazole rings is 1. The van der Waals surface area contributed by atoms with Gasteiger partial charge in [-0.1, -0.05) is 24.3 Å². The maximum absolute atomic E-state index is 11.5. The standard InChI is InChI=1S/C16H16N2O3/c1-18-12-8-7-10(9-14(12)21-16(18)19)15(17)11-5-3-4-6-13(11)20-2/h3-9,15H,17H2,1-2H3. The molecule has 0 radical (unpaired) electrons. The zero-order valence-corrected chi connectivity index (χ0v) is 11.9. The third kappa shape index (κ3) is 2.21. The predicted octanol–water partition coefficient (Wildman–Crippen LogP) is 2.19. The molecular formula is C16H16N2O3. The second kappa shape index (κ2) is 5.10. The molecule has 0 aliphatic heterocycles. The van der Waals surface area contributed by atoms with E-state index in [1.807, 2.05) is 36.4 Å². The summed E-state index contributed by atoms with van der Waals surface area (Å²) in [6.07, 6.45) is 0. The molecule has 0 spiro atoms. The summed E-state index contributed by atoms with van der Waals surface area (Å²) in [5.41, 5.74) is 9.35. The summed E-state index contributed by atoms with van der Waals surface area (Å²) in [5, 5.41) is 0. The minimum absolute atomic E-state index is 0.351. The molecule has 0 aliphatic carbocycles. The molecule has 21 heavy (non-hydrogen) atoms. The third-order valence-electron chi connectivity index (χ3n) is 3.65. The molecular weight excluding hydrogens is 268 g/mol. The number of ether oxygens (including phenoxy) is 1. The van der Waals surface area contributed by atoms with Gasteiger partial charge in [0.05, 0.1) is 18.7 Å². The van der Waals surface area contributed by atoms with Crippen molar-refractivity contribution in [3.05, 3.63) is 64.1 Å². The van der Waals surface area contributed by atoms with Gasteiger partial charge in [0.1, 0.15) is 5.75 Å². The van der Waals surface area contributed by atoms with Crippen LogP contribution in [-0.4, -0.2) is 11.7 Å². The fourth-order valence-corrected chi connectivity index (χ4v) is 2.45. The number of hydrogen-bond acceptors (Lipinski definition) is 4. The summed E-state index contributed by atoms with van der Waals surface area (Å²) in [7, 11) is 3.29. The monoisotopic (exact) mass is 284 g/mol. The third-order valence-corrected chi connectivity index (χ3v) is 3.65. The molecule has 0 fully saturated rings. The molecule has 0 bridgehead atoms. The molecule has 1 heterocycles. The van der Waals surface area contributed by atoms with Gasteiger partial charge >= 0.3 is 5.76 Å². The second-order valence-electron chi connectivity index (χ2n) is 4.87. The fourth-order valence-electron chi connectivity index (χ4n) is 2.45. The van der Waals surface area contributed by atoms with Crippen LogP contribution in [0.1, 0.15) is 17.2 Å². The Kier molecular flexibility index (Phi) is 3.27. The molecule has 5 nitrogen and oxygen atoms in total. The van der Waals surface area contributed by atoms with Gasteiger partial charge in [0.15, 0.2) is 5.58 Å². The zero-order valence-electron chi connectivity index (χ0n) is 11.9. The van der Waals surface area contributed by atoms with Crippen LogP contribution in [0.2, 0.25) is 0 Å². The molecule has 2 aromatic carbocycles. The molecule has 1 aromatic heterocycles. The Morgan fingerprint density at radius 2 is 2.00 bits per heavy atom. The lowest BCUT2D eigenvalue weighted by molar-refractivity contribution is 0.408. The Morgan fingerprint density at radius 3 is 2.76 bits per heavy atom. The van der Waals surface area contributed by atoms with Crippen LogP contribution in [0.5, 0.6) is 5.75 Å². The number of aryl methyl sites for hydroxylation is 1. The lowest BCUT2D eigenvalue weighted by atomic mass is 9.98. The molecule has 0 aliphatic rings. The molecule has 0 amide bonds. The van der Waals surface area contributed by atoms with Crippen molar-refractivity contribution in [3.63, 3.8) is 0 Å². The molecule has 5 heteroatoms. The Bertz CT molecular complexity index is 848. The Morgan fingerprint density at radius 1 is 1.24 bits per heavy atom. The van der Waals surface area contributed by atoms with Crippen LogP contribution < -0.4 is 16.2 Å². The first-order valence-electron chi connectivity index (χ1n) is 6.60. The van der Waals surface area contributed by atoms with Gasteiger partial charge in [0, 0.05) is 12.6 Å². The van der Waals surface area contributed by atoms with Crippen molar-refractivity contribution in [2.45, 2.75) is 6.04 Å². The lowest BCUT2D eigenvalue weighted by Crippen LogP contribution is -2.13. The number of aromatic nitrogens is 1. The van der Waals surface area contributed by atoms with Crippen LogP contribution in [0.15, 0.2) is 51.7 Å². The van der Waals surface area contributed by atoms with Crippen LogP contribution in [0, 0.1) is 0 Å². The maximum atomic E-state index is 11.5. The van der Waals surface area contributed by atoms with E-state index in [9.17, 15) is 4.79 Å². The van der Waals surface area contributed by atoms with E-state index in [0.29, 0.717) is 5.58 Å². The van der Waals surface area contributed by atoms with Crippen molar-refractivity contribution in [1.82, 2.24) is 4.57 Å². The molecule has 108 valence electrons. The first kappa shape index (κ1) is 13.5. The van der Waals surface area contributed by atoms with Crippen LogP contribution in [0.4, 0.5) is 0 Å². The van der Waals surface area contributed by atoms with Crippen molar-refractivity contribution in [2.75, 3.05) is 7.11 Å². The van der Waals surface area contributed by atoms with Crippen LogP contribution in [-0.2, 0) is 7.05 Å². The largest absolute Gasteiger partial charge is 0.496 e. The lowest BCUT2D eigenvalue weighted by Gasteiger charge is -2.15. The van der Waals surface area contributed by atoms with E-state index in [1.54, 1.807) is 20.2 Å². The van der Waals surface area contributed by atoms with Gasteiger partial charge in [-0.2, -0.15) is 0 Å². The predicted molar refractivity (Wildman–Crippen MR) is 80.5 cm³/mol. The topological polar surface area (TPSA) is 70.4 Å². The van der Waals surface area contributed by atoms with Gasteiger partial charge < -0.3 is 14.9 Å². The second-order valence-corrected chi connectivity index (χ2v) is 4.87. The van der Waals surface area contributed by atoms with E-state index in [0.717, 1.165) is 22.4 Å². The average molecular weight is 284 g/mol. The SMILES string of the molecule is COc1ccccc1C(N)c1ccc2c(c1)oc(=O)n2C. The van der Waals surface area contributed by atoms with Crippen molar-refractivity contribution in [3.8, 4) is 5.75 Å². The summed E-state index contributed by atoms with van der Waals surface area (Å²) in [5.74, 6) is 0.354. The van der Waals surface area contributed by atoms with Crippen LogP contribution >= 0.6 is 0 Å². The van der Waals surface area contributed by atoms with Gasteiger partial charge in [0.25, 0.3) is 0 Å². The minimum Gasteiger partial charge on any atom is -0.496 e. The average Bonchev–Trinajstić information content (AvgIpc) is 2.80. The Hall–Kier alpha value is -2.53. The fraction of sp³-hybridized carbons (Fsp3) is 0.188. The Labute approximate surface area is 121 Å². The smallest absolute Gasteiger partial charge is 0.419 e. The summed E-state index contributed by atoms with van der Waals surface area (Å²) in [6, 6.07) is 12.8. The molecule has 1 atom stereocenters. The van der Waals surface area contributed by atoms with Crippen molar-refractivity contribution < 1.29 is 9.15 Å². The Balaban J connectivity index is 2.09. The van der Waals surface area contributed by atoms with Crippen molar-refractivity contribution >= 4 is 11.1 Å². The highest BCUT2D eigenvalue weighted by Gasteiger charge is 2.15. The number of para-hydroxylation sites is 1. The number of nitrogens with zero attached hydrogens (tertiary/aromatic N) is 1. The first-order valence-corrected chi connectivity index (χ1v) is 6.60.